The zero-order valence-corrected chi connectivity index (χ0v) is 13.4. The van der Waals surface area contributed by atoms with Crippen LogP contribution in [0.4, 0.5) is 5.69 Å². The highest BCUT2D eigenvalue weighted by atomic mass is 79.9. The van der Waals surface area contributed by atoms with Crippen LogP contribution in [-0.2, 0) is 0 Å². The SMILES string of the molecule is O=C(Nc1ccc2cc(Br)ccc2c1)c1ccc(Br)o1. The summed E-state index contributed by atoms with van der Waals surface area (Å²) in [7, 11) is 0. The largest absolute Gasteiger partial charge is 0.444 e. The number of nitrogens with one attached hydrogen (secondary N) is 1. The van der Waals surface area contributed by atoms with Crippen LogP contribution < -0.4 is 5.32 Å². The zero-order chi connectivity index (χ0) is 14.1. The van der Waals surface area contributed by atoms with Crippen LogP contribution in [0.5, 0.6) is 0 Å². The minimum Gasteiger partial charge on any atom is -0.444 e. The van der Waals surface area contributed by atoms with Gasteiger partial charge in [0.05, 0.1) is 0 Å². The van der Waals surface area contributed by atoms with E-state index in [1.807, 2.05) is 36.4 Å². The Labute approximate surface area is 132 Å². The summed E-state index contributed by atoms with van der Waals surface area (Å²) >= 11 is 6.61. The first-order valence-electron chi connectivity index (χ1n) is 5.88. The summed E-state index contributed by atoms with van der Waals surface area (Å²) < 4.78 is 6.78. The van der Waals surface area contributed by atoms with Crippen molar-refractivity contribution in [3.05, 3.63) is 63.4 Å². The van der Waals surface area contributed by atoms with E-state index < -0.39 is 0 Å². The Morgan fingerprint density at radius 1 is 0.950 bits per heavy atom. The van der Waals surface area contributed by atoms with Gasteiger partial charge in [0, 0.05) is 10.2 Å². The van der Waals surface area contributed by atoms with E-state index in [1.54, 1.807) is 12.1 Å². The maximum Gasteiger partial charge on any atom is 0.291 e. The first-order chi connectivity index (χ1) is 9.61. The lowest BCUT2D eigenvalue weighted by molar-refractivity contribution is 0.0995. The average Bonchev–Trinajstić information content (AvgIpc) is 2.86. The highest BCUT2D eigenvalue weighted by Gasteiger charge is 2.10. The molecule has 5 heteroatoms. The molecule has 1 amide bonds. The van der Waals surface area contributed by atoms with Crippen LogP contribution in [-0.4, -0.2) is 5.91 Å². The lowest BCUT2D eigenvalue weighted by Crippen LogP contribution is -2.10. The summed E-state index contributed by atoms with van der Waals surface area (Å²) in [6, 6.07) is 15.1. The van der Waals surface area contributed by atoms with Crippen LogP contribution in [0.1, 0.15) is 10.6 Å². The number of fused-ring (bicyclic) bond motifs is 1. The molecule has 0 fully saturated rings. The molecule has 0 bridgehead atoms. The standard InChI is InChI=1S/C15H9Br2NO2/c16-11-3-1-10-8-12(4-2-9(10)7-11)18-15(19)13-5-6-14(17)20-13/h1-8H,(H,18,19). The van der Waals surface area contributed by atoms with Crippen molar-refractivity contribution in [1.29, 1.82) is 0 Å². The molecule has 0 radical (unpaired) electrons. The molecule has 1 N–H and O–H groups in total. The van der Waals surface area contributed by atoms with Gasteiger partial charge in [-0.05, 0) is 63.1 Å². The second-order valence-electron chi connectivity index (χ2n) is 4.26. The van der Waals surface area contributed by atoms with Crippen molar-refractivity contribution in [2.45, 2.75) is 0 Å². The number of hydrogen-bond donors (Lipinski definition) is 1. The highest BCUT2D eigenvalue weighted by molar-refractivity contribution is 9.10. The molecule has 2 aromatic carbocycles. The van der Waals surface area contributed by atoms with Crippen molar-refractivity contribution < 1.29 is 9.21 Å². The number of amides is 1. The minimum atomic E-state index is -0.271. The molecule has 100 valence electrons. The summed E-state index contributed by atoms with van der Waals surface area (Å²) in [6.45, 7) is 0. The molecule has 0 unspecified atom stereocenters. The molecule has 0 saturated carbocycles. The van der Waals surface area contributed by atoms with E-state index in [0.29, 0.717) is 4.67 Å². The van der Waals surface area contributed by atoms with Crippen molar-refractivity contribution in [3.8, 4) is 0 Å². The van der Waals surface area contributed by atoms with Crippen LogP contribution in [0.3, 0.4) is 0 Å². The van der Waals surface area contributed by atoms with Gasteiger partial charge in [-0.15, -0.1) is 0 Å². The van der Waals surface area contributed by atoms with E-state index >= 15 is 0 Å². The number of benzene rings is 2. The molecule has 3 rings (SSSR count). The zero-order valence-electron chi connectivity index (χ0n) is 10.2. The summed E-state index contributed by atoms with van der Waals surface area (Å²) in [5.41, 5.74) is 0.734. The molecule has 1 heterocycles. The van der Waals surface area contributed by atoms with Gasteiger partial charge in [0.25, 0.3) is 5.91 Å². The summed E-state index contributed by atoms with van der Waals surface area (Å²) in [5, 5.41) is 4.98. The average molecular weight is 395 g/mol. The first kappa shape index (κ1) is 13.4. The number of rotatable bonds is 2. The molecule has 0 atom stereocenters. The summed E-state index contributed by atoms with van der Waals surface area (Å²) in [5.74, 6) is -0.0000558. The fourth-order valence-corrected chi connectivity index (χ4v) is 2.61. The Balaban J connectivity index is 1.87. The third-order valence-electron chi connectivity index (χ3n) is 2.86. The van der Waals surface area contributed by atoms with Gasteiger partial charge in [-0.25, -0.2) is 0 Å². The van der Waals surface area contributed by atoms with Crippen molar-refractivity contribution in [1.82, 2.24) is 0 Å². The van der Waals surface area contributed by atoms with Gasteiger partial charge in [-0.2, -0.15) is 0 Å². The second-order valence-corrected chi connectivity index (χ2v) is 5.96. The smallest absolute Gasteiger partial charge is 0.291 e. The normalized spacial score (nSPS) is 10.7. The van der Waals surface area contributed by atoms with Crippen LogP contribution in [0.2, 0.25) is 0 Å². The van der Waals surface area contributed by atoms with Crippen LogP contribution >= 0.6 is 31.9 Å². The number of carbonyl (C=O) groups excluding carboxylic acids is 1. The van der Waals surface area contributed by atoms with Crippen LogP contribution in [0.25, 0.3) is 10.8 Å². The molecular formula is C15H9Br2NO2. The Bertz CT molecular complexity index is 795. The molecule has 0 aliphatic rings. The Morgan fingerprint density at radius 3 is 2.45 bits per heavy atom. The third kappa shape index (κ3) is 2.78. The monoisotopic (exact) mass is 393 g/mol. The number of anilines is 1. The fourth-order valence-electron chi connectivity index (χ4n) is 1.92. The molecule has 0 aliphatic carbocycles. The Kier molecular flexibility index (Phi) is 3.63. The van der Waals surface area contributed by atoms with Crippen molar-refractivity contribution in [2.75, 3.05) is 5.32 Å². The van der Waals surface area contributed by atoms with Gasteiger partial charge < -0.3 is 9.73 Å². The maximum atomic E-state index is 12.0. The number of furan rings is 1. The van der Waals surface area contributed by atoms with Gasteiger partial charge in [-0.1, -0.05) is 28.1 Å². The van der Waals surface area contributed by atoms with E-state index in [4.69, 9.17) is 4.42 Å². The number of hydrogen-bond acceptors (Lipinski definition) is 2. The Hall–Kier alpha value is -1.59. The predicted octanol–water partition coefficient (Wildman–Crippen LogP) is 5.21. The molecule has 0 saturated heterocycles. The highest BCUT2D eigenvalue weighted by Crippen LogP contribution is 2.23. The topological polar surface area (TPSA) is 42.2 Å². The van der Waals surface area contributed by atoms with Crippen molar-refractivity contribution in [3.63, 3.8) is 0 Å². The maximum absolute atomic E-state index is 12.0. The van der Waals surface area contributed by atoms with E-state index in [0.717, 1.165) is 20.9 Å². The van der Waals surface area contributed by atoms with E-state index in [2.05, 4.69) is 37.2 Å². The van der Waals surface area contributed by atoms with Crippen LogP contribution in [0.15, 0.2) is 62.1 Å². The van der Waals surface area contributed by atoms with Gasteiger partial charge in [0.2, 0.25) is 0 Å². The summed E-state index contributed by atoms with van der Waals surface area (Å²) in [4.78, 5) is 12.0. The van der Waals surface area contributed by atoms with Crippen molar-refractivity contribution in [2.24, 2.45) is 0 Å². The van der Waals surface area contributed by atoms with Gasteiger partial charge in [0.1, 0.15) is 0 Å². The Morgan fingerprint density at radius 2 is 1.70 bits per heavy atom. The van der Waals surface area contributed by atoms with Gasteiger partial charge >= 0.3 is 0 Å². The van der Waals surface area contributed by atoms with E-state index in [9.17, 15) is 4.79 Å². The molecule has 20 heavy (non-hydrogen) atoms. The molecule has 1 aromatic heterocycles. The molecule has 3 aromatic rings. The fraction of sp³-hybridized carbons (Fsp3) is 0. The quantitative estimate of drug-likeness (QED) is 0.648. The lowest BCUT2D eigenvalue weighted by atomic mass is 10.1. The minimum absolute atomic E-state index is 0.271. The second kappa shape index (κ2) is 5.42. The molecule has 0 aliphatic heterocycles. The number of halogens is 2. The van der Waals surface area contributed by atoms with Gasteiger partial charge in [0.15, 0.2) is 10.4 Å². The molecule has 0 spiro atoms. The van der Waals surface area contributed by atoms with Gasteiger partial charge in [-0.3, -0.25) is 4.79 Å². The van der Waals surface area contributed by atoms with E-state index in [-0.39, 0.29) is 11.7 Å². The lowest BCUT2D eigenvalue weighted by Gasteiger charge is -2.05. The van der Waals surface area contributed by atoms with Crippen molar-refractivity contribution >= 4 is 54.2 Å². The summed E-state index contributed by atoms with van der Waals surface area (Å²) in [6.07, 6.45) is 0. The number of carbonyl (C=O) groups is 1. The first-order valence-corrected chi connectivity index (χ1v) is 7.46. The predicted molar refractivity (Wildman–Crippen MR) is 86.0 cm³/mol. The molecular weight excluding hydrogens is 386 g/mol. The van der Waals surface area contributed by atoms with Crippen LogP contribution in [0, 0.1) is 0 Å². The third-order valence-corrected chi connectivity index (χ3v) is 3.78. The van der Waals surface area contributed by atoms with E-state index in [1.165, 1.54) is 0 Å². The molecule has 3 nitrogen and oxygen atoms in total.